The first kappa shape index (κ1) is 23.4. The van der Waals surface area contributed by atoms with Gasteiger partial charge in [-0.3, -0.25) is 9.69 Å². The fourth-order valence-corrected chi connectivity index (χ4v) is 4.58. The molecule has 1 aromatic heterocycles. The summed E-state index contributed by atoms with van der Waals surface area (Å²) in [5.41, 5.74) is 0.533. The molecular formula is C24H34N2O4S. The highest BCUT2D eigenvalue weighted by Gasteiger charge is 2.22. The molecule has 0 saturated carbocycles. The third-order valence-corrected chi connectivity index (χ3v) is 6.25. The Balaban J connectivity index is 1.57. The lowest BCUT2D eigenvalue weighted by Gasteiger charge is -2.31. The molecule has 0 spiro atoms. The van der Waals surface area contributed by atoms with Gasteiger partial charge in [-0.2, -0.15) is 0 Å². The van der Waals surface area contributed by atoms with Crippen LogP contribution in [0.25, 0.3) is 0 Å². The summed E-state index contributed by atoms with van der Waals surface area (Å²) in [6.45, 7) is 11.1. The molecule has 0 unspecified atom stereocenters. The molecule has 2 heterocycles. The zero-order valence-corrected chi connectivity index (χ0v) is 19.6. The van der Waals surface area contributed by atoms with Gasteiger partial charge < -0.3 is 19.5 Å². The number of rotatable bonds is 11. The predicted octanol–water partition coefficient (Wildman–Crippen LogP) is 4.59. The Morgan fingerprint density at radius 1 is 1.06 bits per heavy atom. The summed E-state index contributed by atoms with van der Waals surface area (Å²) in [4.78, 5) is 16.8. The summed E-state index contributed by atoms with van der Waals surface area (Å²) in [6, 6.07) is 7.80. The Hall–Kier alpha value is -2.25. The van der Waals surface area contributed by atoms with Crippen LogP contribution < -0.4 is 19.5 Å². The molecule has 1 N–H and O–H groups in total. The van der Waals surface area contributed by atoms with Crippen molar-refractivity contribution in [1.29, 1.82) is 0 Å². The number of carbonyl (C=O) groups excluding carboxylic acids is 1. The molecule has 1 aliphatic heterocycles. The number of likely N-dealkylation sites (tertiary alicyclic amines) is 1. The molecule has 6 nitrogen and oxygen atoms in total. The number of nitrogens with one attached hydrogen (secondary N) is 1. The van der Waals surface area contributed by atoms with Crippen molar-refractivity contribution in [1.82, 2.24) is 10.2 Å². The van der Waals surface area contributed by atoms with Gasteiger partial charge in [-0.05, 0) is 76.2 Å². The minimum absolute atomic E-state index is 0.106. The predicted molar refractivity (Wildman–Crippen MR) is 125 cm³/mol. The quantitative estimate of drug-likeness (QED) is 0.547. The molecule has 1 saturated heterocycles. The Morgan fingerprint density at radius 2 is 1.71 bits per heavy atom. The van der Waals surface area contributed by atoms with Crippen molar-refractivity contribution in [3.63, 3.8) is 0 Å². The van der Waals surface area contributed by atoms with Crippen LogP contribution in [-0.4, -0.2) is 50.3 Å². The van der Waals surface area contributed by atoms with Gasteiger partial charge in [0.1, 0.15) is 0 Å². The lowest BCUT2D eigenvalue weighted by Crippen LogP contribution is -2.38. The van der Waals surface area contributed by atoms with Crippen LogP contribution in [0.15, 0.2) is 29.6 Å². The third-order valence-electron chi connectivity index (χ3n) is 5.39. The Kier molecular flexibility index (Phi) is 9.03. The SMILES string of the molecule is CCOc1cc(C(=O)NCC2CCN(Cc3cccs3)CC2)cc(OCC)c1OCC. The number of thiophene rings is 1. The van der Waals surface area contributed by atoms with Crippen molar-refractivity contribution in [3.05, 3.63) is 40.1 Å². The number of amides is 1. The number of hydrogen-bond donors (Lipinski definition) is 1. The minimum Gasteiger partial charge on any atom is -0.490 e. The van der Waals surface area contributed by atoms with E-state index in [1.54, 1.807) is 12.1 Å². The van der Waals surface area contributed by atoms with Gasteiger partial charge >= 0.3 is 0 Å². The Bertz CT molecular complexity index is 790. The van der Waals surface area contributed by atoms with Crippen molar-refractivity contribution < 1.29 is 19.0 Å². The number of piperidine rings is 1. The number of benzene rings is 1. The number of hydrogen-bond acceptors (Lipinski definition) is 6. The maximum atomic E-state index is 12.9. The zero-order valence-electron chi connectivity index (χ0n) is 18.8. The van der Waals surface area contributed by atoms with E-state index in [-0.39, 0.29) is 5.91 Å². The van der Waals surface area contributed by atoms with Crippen molar-refractivity contribution in [3.8, 4) is 17.2 Å². The average molecular weight is 447 g/mol. The van der Waals surface area contributed by atoms with E-state index >= 15 is 0 Å². The van der Waals surface area contributed by atoms with E-state index in [9.17, 15) is 4.79 Å². The van der Waals surface area contributed by atoms with Crippen molar-refractivity contribution >= 4 is 17.2 Å². The standard InChI is InChI=1S/C24H34N2O4S/c1-4-28-21-14-19(15-22(29-5-2)23(21)30-6-3)24(27)25-16-18-9-11-26(12-10-18)17-20-8-7-13-31-20/h7-8,13-15,18H,4-6,9-12,16-17H2,1-3H3,(H,25,27). The molecule has 1 fully saturated rings. The summed E-state index contributed by atoms with van der Waals surface area (Å²) in [6.07, 6.45) is 2.20. The lowest BCUT2D eigenvalue weighted by molar-refractivity contribution is 0.0934. The zero-order chi connectivity index (χ0) is 22.1. The molecule has 3 rings (SSSR count). The van der Waals surface area contributed by atoms with Crippen LogP contribution in [0.3, 0.4) is 0 Å². The van der Waals surface area contributed by atoms with E-state index in [1.807, 2.05) is 32.1 Å². The number of carbonyl (C=O) groups is 1. The monoisotopic (exact) mass is 446 g/mol. The second-order valence-electron chi connectivity index (χ2n) is 7.61. The van der Waals surface area contributed by atoms with Crippen molar-refractivity contribution in [2.45, 2.75) is 40.2 Å². The molecule has 0 aliphatic carbocycles. The van der Waals surface area contributed by atoms with E-state index in [0.717, 1.165) is 32.5 Å². The fraction of sp³-hybridized carbons (Fsp3) is 0.542. The molecule has 0 radical (unpaired) electrons. The molecule has 1 amide bonds. The summed E-state index contributed by atoms with van der Waals surface area (Å²) < 4.78 is 17.2. The Labute approximate surface area is 189 Å². The first-order chi connectivity index (χ1) is 15.1. The Morgan fingerprint density at radius 3 is 2.26 bits per heavy atom. The van der Waals surface area contributed by atoms with Crippen LogP contribution in [0.4, 0.5) is 0 Å². The van der Waals surface area contributed by atoms with Gasteiger partial charge in [-0.1, -0.05) is 6.07 Å². The third kappa shape index (κ3) is 6.61. The first-order valence-electron chi connectivity index (χ1n) is 11.2. The number of ether oxygens (including phenoxy) is 3. The maximum absolute atomic E-state index is 12.9. The minimum atomic E-state index is -0.106. The second-order valence-corrected chi connectivity index (χ2v) is 8.64. The smallest absolute Gasteiger partial charge is 0.251 e. The summed E-state index contributed by atoms with van der Waals surface area (Å²) in [5, 5.41) is 5.24. The normalized spacial score (nSPS) is 14.9. The van der Waals surface area contributed by atoms with Crippen molar-refractivity contribution in [2.75, 3.05) is 39.5 Å². The largest absolute Gasteiger partial charge is 0.490 e. The molecule has 2 aromatic rings. The van der Waals surface area contributed by atoms with Gasteiger partial charge in [-0.25, -0.2) is 0 Å². The first-order valence-corrected chi connectivity index (χ1v) is 12.1. The molecule has 7 heteroatoms. The van der Waals surface area contributed by atoms with Gasteiger partial charge in [0, 0.05) is 23.5 Å². The van der Waals surface area contributed by atoms with Crippen molar-refractivity contribution in [2.24, 2.45) is 5.92 Å². The summed E-state index contributed by atoms with van der Waals surface area (Å²) >= 11 is 1.81. The summed E-state index contributed by atoms with van der Waals surface area (Å²) in [5.74, 6) is 2.04. The van der Waals surface area contributed by atoms with Crippen LogP contribution in [-0.2, 0) is 6.54 Å². The summed E-state index contributed by atoms with van der Waals surface area (Å²) in [7, 11) is 0. The van der Waals surface area contributed by atoms with E-state index < -0.39 is 0 Å². The highest BCUT2D eigenvalue weighted by molar-refractivity contribution is 7.09. The van der Waals surface area contributed by atoms with Gasteiger partial charge in [0.05, 0.1) is 19.8 Å². The highest BCUT2D eigenvalue weighted by Crippen LogP contribution is 2.39. The second kappa shape index (κ2) is 12.0. The topological polar surface area (TPSA) is 60.0 Å². The molecule has 0 atom stereocenters. The van der Waals surface area contributed by atoms with Gasteiger partial charge in [-0.15, -0.1) is 11.3 Å². The van der Waals surface area contributed by atoms with Crippen LogP contribution in [0.5, 0.6) is 17.2 Å². The van der Waals surface area contributed by atoms with E-state index in [0.29, 0.717) is 55.1 Å². The van der Waals surface area contributed by atoms with Crippen LogP contribution in [0.1, 0.15) is 48.8 Å². The molecular weight excluding hydrogens is 412 g/mol. The molecule has 31 heavy (non-hydrogen) atoms. The average Bonchev–Trinajstić information content (AvgIpc) is 3.28. The number of nitrogens with zero attached hydrogens (tertiary/aromatic N) is 1. The highest BCUT2D eigenvalue weighted by atomic mass is 32.1. The molecule has 1 aliphatic rings. The van der Waals surface area contributed by atoms with E-state index in [1.165, 1.54) is 4.88 Å². The molecule has 0 bridgehead atoms. The van der Waals surface area contributed by atoms with Crippen LogP contribution in [0.2, 0.25) is 0 Å². The van der Waals surface area contributed by atoms with Gasteiger partial charge in [0.2, 0.25) is 5.75 Å². The molecule has 170 valence electrons. The van der Waals surface area contributed by atoms with Gasteiger partial charge in [0.15, 0.2) is 11.5 Å². The van der Waals surface area contributed by atoms with Gasteiger partial charge in [0.25, 0.3) is 5.91 Å². The van der Waals surface area contributed by atoms with E-state index in [2.05, 4.69) is 27.7 Å². The fourth-order valence-electron chi connectivity index (χ4n) is 3.83. The molecule has 1 aromatic carbocycles. The maximum Gasteiger partial charge on any atom is 0.251 e. The van der Waals surface area contributed by atoms with Crippen LogP contribution >= 0.6 is 11.3 Å². The lowest BCUT2D eigenvalue weighted by atomic mass is 9.96. The van der Waals surface area contributed by atoms with E-state index in [4.69, 9.17) is 14.2 Å². The van der Waals surface area contributed by atoms with Crippen LogP contribution in [0, 0.1) is 5.92 Å².